The lowest BCUT2D eigenvalue weighted by Gasteiger charge is -2.13. The molecule has 0 radical (unpaired) electrons. The monoisotopic (exact) mass is 627 g/mol. The van der Waals surface area contributed by atoms with Crippen LogP contribution in [0.3, 0.4) is 0 Å². The SMILES string of the molecule is c1ccc(-c2nc3ccccc3nc2-c2ccc3ccc(-n4c5ccc6cccc7sc8cccc9ccc4c(c98)c5c67)cc3c2)cc1. The fourth-order valence-corrected chi connectivity index (χ4v) is 8.94. The zero-order valence-corrected chi connectivity index (χ0v) is 26.5. The van der Waals surface area contributed by atoms with Crippen molar-refractivity contribution in [1.29, 1.82) is 0 Å². The van der Waals surface area contributed by atoms with Gasteiger partial charge in [0.15, 0.2) is 0 Å². The van der Waals surface area contributed by atoms with Crippen molar-refractivity contribution >= 4 is 85.9 Å². The van der Waals surface area contributed by atoms with Crippen molar-refractivity contribution in [3.63, 3.8) is 0 Å². The van der Waals surface area contributed by atoms with Crippen LogP contribution in [-0.4, -0.2) is 14.5 Å². The minimum atomic E-state index is 0.890. The lowest BCUT2D eigenvalue weighted by molar-refractivity contribution is 1.19. The van der Waals surface area contributed by atoms with Gasteiger partial charge in [-0.15, -0.1) is 11.3 Å². The maximum Gasteiger partial charge on any atom is 0.0973 e. The first-order valence-electron chi connectivity index (χ1n) is 16.2. The molecule has 4 heteroatoms. The minimum Gasteiger partial charge on any atom is -0.309 e. The Bertz CT molecular complexity index is 2960. The highest BCUT2D eigenvalue weighted by atomic mass is 32.1. The topological polar surface area (TPSA) is 30.7 Å². The molecule has 222 valence electrons. The lowest BCUT2D eigenvalue weighted by atomic mass is 10.00. The molecule has 0 unspecified atom stereocenters. The van der Waals surface area contributed by atoms with Gasteiger partial charge in [-0.2, -0.15) is 0 Å². The molecule has 3 nitrogen and oxygen atoms in total. The molecule has 0 aliphatic heterocycles. The van der Waals surface area contributed by atoms with Crippen LogP contribution < -0.4 is 0 Å². The number of nitrogens with zero attached hydrogens (tertiary/aromatic N) is 3. The Morgan fingerprint density at radius 2 is 0.979 bits per heavy atom. The van der Waals surface area contributed by atoms with Crippen molar-refractivity contribution in [1.82, 2.24) is 14.5 Å². The molecular weight excluding hydrogens is 603 g/mol. The Hall–Kier alpha value is -6.10. The number of aromatic nitrogens is 3. The Morgan fingerprint density at radius 3 is 1.65 bits per heavy atom. The summed E-state index contributed by atoms with van der Waals surface area (Å²) >= 11 is 1.89. The van der Waals surface area contributed by atoms with Gasteiger partial charge in [0.1, 0.15) is 0 Å². The van der Waals surface area contributed by atoms with Gasteiger partial charge in [-0.3, -0.25) is 0 Å². The third kappa shape index (κ3) is 3.63. The molecule has 3 aromatic heterocycles. The van der Waals surface area contributed by atoms with Crippen LogP contribution in [0.25, 0.3) is 103 Å². The maximum absolute atomic E-state index is 5.18. The normalized spacial score (nSPS) is 12.2. The lowest BCUT2D eigenvalue weighted by Crippen LogP contribution is -1.96. The van der Waals surface area contributed by atoms with Gasteiger partial charge in [-0.05, 0) is 76.1 Å². The average Bonchev–Trinajstić information content (AvgIpc) is 3.40. The van der Waals surface area contributed by atoms with Crippen LogP contribution in [0.4, 0.5) is 0 Å². The van der Waals surface area contributed by atoms with Crippen molar-refractivity contribution in [2.45, 2.75) is 0 Å². The molecule has 11 rings (SSSR count). The second-order valence-electron chi connectivity index (χ2n) is 12.6. The molecule has 3 heterocycles. The summed E-state index contributed by atoms with van der Waals surface area (Å²) < 4.78 is 5.09. The van der Waals surface area contributed by atoms with Gasteiger partial charge in [0.05, 0.1) is 33.5 Å². The fraction of sp³-hybridized carbons (Fsp3) is 0. The van der Waals surface area contributed by atoms with E-state index in [2.05, 4.69) is 126 Å². The van der Waals surface area contributed by atoms with Crippen LogP contribution >= 0.6 is 11.3 Å². The van der Waals surface area contributed by atoms with E-state index in [0.717, 1.165) is 39.2 Å². The highest BCUT2D eigenvalue weighted by molar-refractivity contribution is 7.24. The van der Waals surface area contributed by atoms with Crippen molar-refractivity contribution in [2.24, 2.45) is 0 Å². The number of fused-ring (bicyclic) bond motifs is 2. The Kier molecular flexibility index (Phi) is 5.26. The van der Waals surface area contributed by atoms with E-state index >= 15 is 0 Å². The molecule has 0 atom stereocenters. The summed E-state index contributed by atoms with van der Waals surface area (Å²) in [4.78, 5) is 10.3. The number of benzene rings is 8. The Labute approximate surface area is 279 Å². The summed E-state index contributed by atoms with van der Waals surface area (Å²) in [6.07, 6.45) is 0. The average molecular weight is 628 g/mol. The second kappa shape index (κ2) is 9.71. The highest BCUT2D eigenvalue weighted by Crippen LogP contribution is 2.46. The van der Waals surface area contributed by atoms with Crippen LogP contribution in [0.5, 0.6) is 0 Å². The zero-order valence-electron chi connectivity index (χ0n) is 25.7. The summed E-state index contributed by atoms with van der Waals surface area (Å²) in [7, 11) is 0. The van der Waals surface area contributed by atoms with Crippen molar-refractivity contribution in [3.05, 3.63) is 152 Å². The number of hydrogen-bond donors (Lipinski definition) is 0. The first-order valence-corrected chi connectivity index (χ1v) is 17.1. The molecular formula is C44H25N3S. The smallest absolute Gasteiger partial charge is 0.0973 e. The first kappa shape index (κ1) is 26.0. The molecule has 48 heavy (non-hydrogen) atoms. The van der Waals surface area contributed by atoms with Crippen LogP contribution in [0.15, 0.2) is 152 Å². The Morgan fingerprint density at radius 1 is 0.396 bits per heavy atom. The predicted molar refractivity (Wildman–Crippen MR) is 204 cm³/mol. The quantitative estimate of drug-likeness (QED) is 0.195. The number of rotatable bonds is 3. The maximum atomic E-state index is 5.18. The van der Waals surface area contributed by atoms with E-state index in [9.17, 15) is 0 Å². The van der Waals surface area contributed by atoms with Gasteiger partial charge in [0, 0.05) is 47.8 Å². The summed E-state index contributed by atoms with van der Waals surface area (Å²) in [5.41, 5.74) is 9.30. The summed E-state index contributed by atoms with van der Waals surface area (Å²) in [5.74, 6) is 0. The molecule has 8 aromatic carbocycles. The standard InChI is InChI=1S/C44H25N3S/c1-2-8-29(9-3-1)43-44(46-34-13-5-4-12-33(34)45-43)30-17-16-26-18-21-32(25-31(26)24-30)47-35-22-19-27-10-6-14-37-39(27)41(35)42-36(47)23-20-28-11-7-15-38(48-37)40(28)42/h1-25H. The first-order chi connectivity index (χ1) is 23.8. The molecule has 0 amide bonds. The summed E-state index contributed by atoms with van der Waals surface area (Å²) in [6, 6.07) is 54.6. The largest absolute Gasteiger partial charge is 0.309 e. The number of hydrogen-bond acceptors (Lipinski definition) is 3. The van der Waals surface area contributed by atoms with E-state index in [1.807, 2.05) is 41.7 Å². The summed E-state index contributed by atoms with van der Waals surface area (Å²) in [6.45, 7) is 0. The van der Waals surface area contributed by atoms with Crippen molar-refractivity contribution < 1.29 is 0 Å². The van der Waals surface area contributed by atoms with Gasteiger partial charge in [0.2, 0.25) is 0 Å². The molecule has 0 N–H and O–H groups in total. The van der Waals surface area contributed by atoms with Crippen LogP contribution in [0, 0.1) is 0 Å². The van der Waals surface area contributed by atoms with Crippen LogP contribution in [-0.2, 0) is 0 Å². The third-order valence-corrected chi connectivity index (χ3v) is 11.0. The van der Waals surface area contributed by atoms with E-state index in [0.29, 0.717) is 0 Å². The van der Waals surface area contributed by atoms with Gasteiger partial charge in [-0.1, -0.05) is 97.1 Å². The van der Waals surface area contributed by atoms with Crippen molar-refractivity contribution in [2.75, 3.05) is 0 Å². The molecule has 0 saturated carbocycles. The molecule has 0 saturated heterocycles. The zero-order chi connectivity index (χ0) is 31.3. The molecule has 0 aliphatic rings. The Balaban J connectivity index is 1.19. The molecule has 0 spiro atoms. The van der Waals surface area contributed by atoms with Gasteiger partial charge < -0.3 is 4.57 Å². The van der Waals surface area contributed by atoms with Crippen LogP contribution in [0.1, 0.15) is 0 Å². The van der Waals surface area contributed by atoms with Gasteiger partial charge in [0.25, 0.3) is 0 Å². The van der Waals surface area contributed by atoms with Crippen molar-refractivity contribution in [3.8, 4) is 28.2 Å². The van der Waals surface area contributed by atoms with E-state index < -0.39 is 0 Å². The predicted octanol–water partition coefficient (Wildman–Crippen LogP) is 12.2. The second-order valence-corrected chi connectivity index (χ2v) is 13.7. The van der Waals surface area contributed by atoms with E-state index in [-0.39, 0.29) is 0 Å². The summed E-state index contributed by atoms with van der Waals surface area (Å²) in [5, 5.41) is 10.3. The van der Waals surface area contributed by atoms with E-state index in [4.69, 9.17) is 9.97 Å². The molecule has 0 aliphatic carbocycles. The number of para-hydroxylation sites is 2. The molecule has 11 aromatic rings. The van der Waals surface area contributed by atoms with Gasteiger partial charge >= 0.3 is 0 Å². The van der Waals surface area contributed by atoms with E-state index in [1.54, 1.807) is 0 Å². The highest BCUT2D eigenvalue weighted by Gasteiger charge is 2.21. The molecule has 0 bridgehead atoms. The van der Waals surface area contributed by atoms with E-state index in [1.165, 1.54) is 63.5 Å². The minimum absolute atomic E-state index is 0.890. The fourth-order valence-electron chi connectivity index (χ4n) is 7.76. The van der Waals surface area contributed by atoms with Gasteiger partial charge in [-0.25, -0.2) is 9.97 Å². The third-order valence-electron chi connectivity index (χ3n) is 9.90. The van der Waals surface area contributed by atoms with Crippen LogP contribution in [0.2, 0.25) is 0 Å². The molecule has 0 fully saturated rings.